The Balaban J connectivity index is 1.72. The van der Waals surface area contributed by atoms with E-state index in [0.29, 0.717) is 22.4 Å². The predicted octanol–water partition coefficient (Wildman–Crippen LogP) is 5.84. The van der Waals surface area contributed by atoms with E-state index in [1.807, 2.05) is 31.2 Å². The molecule has 0 saturated carbocycles. The summed E-state index contributed by atoms with van der Waals surface area (Å²) < 4.78 is 6.66. The summed E-state index contributed by atoms with van der Waals surface area (Å²) in [6.45, 7) is 2.60. The lowest BCUT2D eigenvalue weighted by Gasteiger charge is -2.09. The molecule has 0 aliphatic heterocycles. The molecule has 2 aromatic carbocycles. The van der Waals surface area contributed by atoms with Gasteiger partial charge in [0.15, 0.2) is 5.75 Å². The maximum atomic E-state index is 6.22. The van der Waals surface area contributed by atoms with Crippen LogP contribution in [0, 0.1) is 0 Å². The van der Waals surface area contributed by atoms with Crippen molar-refractivity contribution in [2.75, 3.05) is 12.0 Å². The van der Waals surface area contributed by atoms with E-state index < -0.39 is 0 Å². The first-order valence-electron chi connectivity index (χ1n) is 7.44. The third-order valence-electron chi connectivity index (χ3n) is 3.14. The molecular formula is C17H15Cl2N3OS. The smallest absolute Gasteiger partial charge is 0.204 e. The Labute approximate surface area is 154 Å². The average Bonchev–Trinajstić information content (AvgIpc) is 2.97. The van der Waals surface area contributed by atoms with Gasteiger partial charge < -0.3 is 4.74 Å². The standard InChI is InChI=1S/C17H15Cl2N3OS/c1-2-7-23-16-12(18)8-11(9-13(16)19)10-20-22-17-21-14-5-3-4-6-15(14)24-17/h3-6,8-10H,2,7H2,1H3,(H,21,22)/b20-10-. The number of hydrazone groups is 1. The SMILES string of the molecule is CCCOc1c(Cl)cc(/C=N\Nc2nc3ccccc3s2)cc1Cl. The number of benzene rings is 2. The van der Waals surface area contributed by atoms with Crippen LogP contribution in [0.5, 0.6) is 5.75 Å². The summed E-state index contributed by atoms with van der Waals surface area (Å²) in [5.41, 5.74) is 4.66. The van der Waals surface area contributed by atoms with Crippen LogP contribution < -0.4 is 10.2 Å². The second-order valence-corrected chi connectivity index (χ2v) is 6.86. The Morgan fingerprint density at radius 2 is 2.00 bits per heavy atom. The normalized spacial score (nSPS) is 11.3. The van der Waals surface area contributed by atoms with Gasteiger partial charge in [0.05, 0.1) is 33.1 Å². The second kappa shape index (κ2) is 7.83. The summed E-state index contributed by atoms with van der Waals surface area (Å²) >= 11 is 14.0. The van der Waals surface area contributed by atoms with E-state index in [9.17, 15) is 0 Å². The first kappa shape index (κ1) is 17.0. The number of anilines is 1. The number of aromatic nitrogens is 1. The zero-order chi connectivity index (χ0) is 16.9. The van der Waals surface area contributed by atoms with Crippen LogP contribution in [-0.2, 0) is 0 Å². The van der Waals surface area contributed by atoms with Crippen molar-refractivity contribution in [1.82, 2.24) is 4.98 Å². The minimum absolute atomic E-state index is 0.470. The van der Waals surface area contributed by atoms with Gasteiger partial charge in [-0.3, -0.25) is 5.43 Å². The molecular weight excluding hydrogens is 365 g/mol. The lowest BCUT2D eigenvalue weighted by Crippen LogP contribution is -1.97. The molecule has 0 aliphatic rings. The summed E-state index contributed by atoms with van der Waals surface area (Å²) in [5.74, 6) is 0.511. The summed E-state index contributed by atoms with van der Waals surface area (Å²) in [7, 11) is 0. The van der Waals surface area contributed by atoms with Crippen molar-refractivity contribution in [2.24, 2.45) is 5.10 Å². The number of halogens is 2. The van der Waals surface area contributed by atoms with Crippen molar-refractivity contribution in [2.45, 2.75) is 13.3 Å². The van der Waals surface area contributed by atoms with Crippen molar-refractivity contribution in [3.8, 4) is 5.75 Å². The quantitative estimate of drug-likeness (QED) is 0.432. The summed E-state index contributed by atoms with van der Waals surface area (Å²) in [6, 6.07) is 11.5. The molecule has 124 valence electrons. The molecule has 0 atom stereocenters. The van der Waals surface area contributed by atoms with Gasteiger partial charge >= 0.3 is 0 Å². The molecule has 0 fully saturated rings. The molecule has 0 radical (unpaired) electrons. The molecule has 0 bridgehead atoms. The first-order chi connectivity index (χ1) is 11.7. The van der Waals surface area contributed by atoms with Crippen LogP contribution >= 0.6 is 34.5 Å². The van der Waals surface area contributed by atoms with E-state index in [1.165, 1.54) is 0 Å². The van der Waals surface area contributed by atoms with Crippen LogP contribution in [0.4, 0.5) is 5.13 Å². The fraction of sp³-hybridized carbons (Fsp3) is 0.176. The topological polar surface area (TPSA) is 46.5 Å². The van der Waals surface area contributed by atoms with Gasteiger partial charge in [-0.25, -0.2) is 4.98 Å². The molecule has 4 nitrogen and oxygen atoms in total. The molecule has 7 heteroatoms. The number of rotatable bonds is 6. The van der Waals surface area contributed by atoms with Gasteiger partial charge in [-0.05, 0) is 36.2 Å². The highest BCUT2D eigenvalue weighted by molar-refractivity contribution is 7.22. The predicted molar refractivity (Wildman–Crippen MR) is 103 cm³/mol. The Kier molecular flexibility index (Phi) is 5.56. The number of ether oxygens (including phenoxy) is 1. The van der Waals surface area contributed by atoms with E-state index in [-0.39, 0.29) is 0 Å². The molecule has 0 saturated heterocycles. The van der Waals surface area contributed by atoms with Gasteiger partial charge in [0.25, 0.3) is 0 Å². The van der Waals surface area contributed by atoms with Gasteiger partial charge in [-0.1, -0.05) is 53.6 Å². The van der Waals surface area contributed by atoms with Crippen molar-refractivity contribution < 1.29 is 4.74 Å². The molecule has 0 aliphatic carbocycles. The van der Waals surface area contributed by atoms with Crippen molar-refractivity contribution in [3.63, 3.8) is 0 Å². The molecule has 24 heavy (non-hydrogen) atoms. The number of hydrogen-bond acceptors (Lipinski definition) is 5. The van der Waals surface area contributed by atoms with E-state index in [0.717, 1.165) is 27.3 Å². The van der Waals surface area contributed by atoms with Crippen LogP contribution in [0.3, 0.4) is 0 Å². The zero-order valence-electron chi connectivity index (χ0n) is 12.9. The van der Waals surface area contributed by atoms with Crippen LogP contribution in [0.15, 0.2) is 41.5 Å². The van der Waals surface area contributed by atoms with Crippen molar-refractivity contribution in [3.05, 3.63) is 52.0 Å². The van der Waals surface area contributed by atoms with E-state index in [4.69, 9.17) is 27.9 Å². The number of para-hydroxylation sites is 1. The number of thiazole rings is 1. The highest BCUT2D eigenvalue weighted by Crippen LogP contribution is 2.34. The number of hydrogen-bond donors (Lipinski definition) is 1. The Morgan fingerprint density at radius 1 is 1.25 bits per heavy atom. The zero-order valence-corrected chi connectivity index (χ0v) is 15.3. The molecule has 0 amide bonds. The lowest BCUT2D eigenvalue weighted by atomic mass is 10.2. The highest BCUT2D eigenvalue weighted by Gasteiger charge is 2.09. The molecule has 3 aromatic rings. The fourth-order valence-electron chi connectivity index (χ4n) is 2.08. The van der Waals surface area contributed by atoms with Crippen LogP contribution in [0.25, 0.3) is 10.2 Å². The molecule has 1 aromatic heterocycles. The molecule has 0 spiro atoms. The van der Waals surface area contributed by atoms with Crippen LogP contribution in [-0.4, -0.2) is 17.8 Å². The van der Waals surface area contributed by atoms with E-state index in [1.54, 1.807) is 29.7 Å². The second-order valence-electron chi connectivity index (χ2n) is 5.02. The summed E-state index contributed by atoms with van der Waals surface area (Å²) in [4.78, 5) is 4.45. The number of nitrogens with zero attached hydrogens (tertiary/aromatic N) is 2. The van der Waals surface area contributed by atoms with E-state index in [2.05, 4.69) is 15.5 Å². The highest BCUT2D eigenvalue weighted by atomic mass is 35.5. The molecule has 1 N–H and O–H groups in total. The Hall–Kier alpha value is -1.82. The monoisotopic (exact) mass is 379 g/mol. The largest absolute Gasteiger partial charge is 0.490 e. The minimum atomic E-state index is 0.470. The molecule has 1 heterocycles. The van der Waals surface area contributed by atoms with Crippen molar-refractivity contribution >= 4 is 56.1 Å². The maximum absolute atomic E-state index is 6.22. The number of fused-ring (bicyclic) bond motifs is 1. The van der Waals surface area contributed by atoms with Gasteiger partial charge in [-0.2, -0.15) is 5.10 Å². The van der Waals surface area contributed by atoms with Gasteiger partial charge in [0, 0.05) is 0 Å². The average molecular weight is 380 g/mol. The van der Waals surface area contributed by atoms with Crippen molar-refractivity contribution in [1.29, 1.82) is 0 Å². The van der Waals surface area contributed by atoms with Crippen LogP contribution in [0.2, 0.25) is 10.0 Å². The third-order valence-corrected chi connectivity index (χ3v) is 4.64. The summed E-state index contributed by atoms with van der Waals surface area (Å²) in [6.07, 6.45) is 2.54. The fourth-order valence-corrected chi connectivity index (χ4v) is 3.51. The summed E-state index contributed by atoms with van der Waals surface area (Å²) in [5, 5.41) is 5.86. The van der Waals surface area contributed by atoms with Crippen LogP contribution in [0.1, 0.15) is 18.9 Å². The number of nitrogens with one attached hydrogen (secondary N) is 1. The maximum Gasteiger partial charge on any atom is 0.204 e. The van der Waals surface area contributed by atoms with E-state index >= 15 is 0 Å². The Morgan fingerprint density at radius 3 is 2.71 bits per heavy atom. The van der Waals surface area contributed by atoms with Gasteiger partial charge in [-0.15, -0.1) is 0 Å². The van der Waals surface area contributed by atoms with Gasteiger partial charge in [0.1, 0.15) is 0 Å². The molecule has 0 unspecified atom stereocenters. The molecule has 3 rings (SSSR count). The lowest BCUT2D eigenvalue weighted by molar-refractivity contribution is 0.318. The first-order valence-corrected chi connectivity index (χ1v) is 9.01. The Bertz CT molecular complexity index is 823. The minimum Gasteiger partial charge on any atom is -0.490 e. The van der Waals surface area contributed by atoms with Gasteiger partial charge in [0.2, 0.25) is 5.13 Å². The third kappa shape index (κ3) is 3.98.